The van der Waals surface area contributed by atoms with Gasteiger partial charge in [-0.3, -0.25) is 0 Å². The van der Waals surface area contributed by atoms with Crippen LogP contribution in [0.4, 0.5) is 0 Å². The van der Waals surface area contributed by atoms with Crippen LogP contribution in [0, 0.1) is 0 Å². The Kier molecular flexibility index (Phi) is 143. The molecule has 18 valence electrons. The van der Waals surface area contributed by atoms with Crippen molar-refractivity contribution in [3.05, 3.63) is 0 Å². The van der Waals surface area contributed by atoms with E-state index in [1.54, 1.807) is 0 Å². The maximum Gasteiger partial charge on any atom is 0.316 e. The molecule has 0 rings (SSSR count). The first-order valence-corrected chi connectivity index (χ1v) is 0. The van der Waals surface area contributed by atoms with Gasteiger partial charge in [0, 0.05) is 36.8 Å². The molecule has 0 amide bonds. The van der Waals surface area contributed by atoms with E-state index in [-0.39, 0.29) is 77.3 Å². The fourth-order valence-electron chi connectivity index (χ4n) is 0. The quantitative estimate of drug-likeness (QED) is 0.368. The Hall–Kier alpha value is 2.45. The molecular formula is H5AlCrMgZn. The Labute approximate surface area is 76.3 Å². The summed E-state index contributed by atoms with van der Waals surface area (Å²) in [5.74, 6) is 0. The largest absolute Gasteiger partial charge is 0.316 e. The Balaban J connectivity index is 0. The molecular weight excluding hydrogens is 169 g/mol. The van der Waals surface area contributed by atoms with Crippen LogP contribution in [0.5, 0.6) is 0 Å². The van der Waals surface area contributed by atoms with Gasteiger partial charge < -0.3 is 0 Å². The molecule has 0 radical (unpaired) electrons. The van der Waals surface area contributed by atoms with Gasteiger partial charge in [-0.05, 0) is 0 Å². The molecule has 0 N–H and O–H groups in total. The first-order valence-electron chi connectivity index (χ1n) is 0. The van der Waals surface area contributed by atoms with E-state index in [1.165, 1.54) is 0 Å². The summed E-state index contributed by atoms with van der Waals surface area (Å²) in [6, 6.07) is 0. The minimum Gasteiger partial charge on any atom is 0 e. The van der Waals surface area contributed by atoms with Crippen LogP contribution in [0.3, 0.4) is 0 Å². The Morgan fingerprint density at radius 3 is 1.00 bits per heavy atom. The van der Waals surface area contributed by atoms with Crippen molar-refractivity contribution in [1.29, 1.82) is 0 Å². The summed E-state index contributed by atoms with van der Waals surface area (Å²) in [5, 5.41) is 0. The zero-order chi connectivity index (χ0) is 0. The van der Waals surface area contributed by atoms with Crippen LogP contribution in [-0.2, 0) is 36.8 Å². The molecule has 0 aromatic carbocycles. The second-order valence-electron chi connectivity index (χ2n) is 0. The van der Waals surface area contributed by atoms with Crippen molar-refractivity contribution in [3.63, 3.8) is 0 Å². The predicted molar refractivity (Wildman–Crippen MR) is 18.5 cm³/mol. The van der Waals surface area contributed by atoms with Crippen LogP contribution in [-0.4, -0.2) is 40.4 Å². The summed E-state index contributed by atoms with van der Waals surface area (Å²) < 4.78 is 0. The molecule has 4 heteroatoms. The van der Waals surface area contributed by atoms with Gasteiger partial charge in [0.2, 0.25) is 0 Å². The van der Waals surface area contributed by atoms with E-state index in [9.17, 15) is 0 Å². The molecule has 0 aromatic rings. The molecule has 0 nitrogen and oxygen atoms in total. The van der Waals surface area contributed by atoms with Gasteiger partial charge in [-0.2, -0.15) is 0 Å². The summed E-state index contributed by atoms with van der Waals surface area (Å²) in [5.41, 5.74) is 0. The van der Waals surface area contributed by atoms with Gasteiger partial charge >= 0.3 is 23.1 Å². The van der Waals surface area contributed by atoms with Gasteiger partial charge in [0.1, 0.15) is 0 Å². The standard InChI is InChI=1S/Al.Cr.Mg.Zn.5H. The molecule has 0 heterocycles. The SMILES string of the molecule is [AlH3].[Cr].[MgH2].[Zn]. The molecule has 0 aliphatic rings. The fourth-order valence-corrected chi connectivity index (χ4v) is 0. The van der Waals surface area contributed by atoms with Crippen molar-refractivity contribution < 1.29 is 36.8 Å². The average Bonchev–Trinajstić information content (AvgIpc) is 0. The number of hydrogen-bond acceptors (Lipinski definition) is 0. The Morgan fingerprint density at radius 2 is 1.00 bits per heavy atom. The van der Waals surface area contributed by atoms with Crippen LogP contribution in [0.15, 0.2) is 0 Å². The van der Waals surface area contributed by atoms with Crippen molar-refractivity contribution in [2.75, 3.05) is 0 Å². The van der Waals surface area contributed by atoms with Crippen LogP contribution in [0.25, 0.3) is 0 Å². The molecule has 0 aliphatic heterocycles. The molecule has 0 spiro atoms. The second kappa shape index (κ2) is 18.0. The van der Waals surface area contributed by atoms with Crippen molar-refractivity contribution in [2.24, 2.45) is 0 Å². The second-order valence-corrected chi connectivity index (χ2v) is 0. The van der Waals surface area contributed by atoms with Crippen LogP contribution < -0.4 is 0 Å². The first kappa shape index (κ1) is 31.9. The number of hydrogen-bond donors (Lipinski definition) is 0. The van der Waals surface area contributed by atoms with Crippen molar-refractivity contribution in [2.45, 2.75) is 0 Å². The maximum absolute atomic E-state index is 0. The van der Waals surface area contributed by atoms with Gasteiger partial charge in [-0.1, -0.05) is 0 Å². The third-order valence-electron chi connectivity index (χ3n) is 0. The summed E-state index contributed by atoms with van der Waals surface area (Å²) in [6.45, 7) is 0. The van der Waals surface area contributed by atoms with E-state index >= 15 is 0 Å². The summed E-state index contributed by atoms with van der Waals surface area (Å²) in [6.07, 6.45) is 0. The van der Waals surface area contributed by atoms with Gasteiger partial charge in [0.05, 0.1) is 0 Å². The Bertz CT molecular complexity index is 8.00. The Morgan fingerprint density at radius 1 is 1.00 bits per heavy atom. The molecule has 4 heavy (non-hydrogen) atoms. The van der Waals surface area contributed by atoms with Crippen molar-refractivity contribution in [3.8, 4) is 0 Å². The van der Waals surface area contributed by atoms with E-state index < -0.39 is 0 Å². The molecule has 0 unspecified atom stereocenters. The number of rotatable bonds is 0. The fraction of sp³-hybridized carbons (Fsp3) is 0. The zero-order valence-electron chi connectivity index (χ0n) is 1.12. The van der Waals surface area contributed by atoms with E-state index in [4.69, 9.17) is 0 Å². The summed E-state index contributed by atoms with van der Waals surface area (Å²) in [7, 11) is 0. The third-order valence-corrected chi connectivity index (χ3v) is 0. The topological polar surface area (TPSA) is 0 Å². The van der Waals surface area contributed by atoms with E-state index in [0.717, 1.165) is 0 Å². The van der Waals surface area contributed by atoms with E-state index in [2.05, 4.69) is 0 Å². The monoisotopic (exact) mass is 172 g/mol. The van der Waals surface area contributed by atoms with Gasteiger partial charge in [-0.15, -0.1) is 0 Å². The van der Waals surface area contributed by atoms with Gasteiger partial charge in [-0.25, -0.2) is 0 Å². The molecule has 0 aliphatic carbocycles. The molecule has 0 atom stereocenters. The minimum atomic E-state index is 0. The third kappa shape index (κ3) is 8.82. The first-order chi connectivity index (χ1) is 0. The molecule has 0 aromatic heterocycles. The summed E-state index contributed by atoms with van der Waals surface area (Å²) in [4.78, 5) is 0. The molecule has 0 saturated carbocycles. The van der Waals surface area contributed by atoms with Crippen molar-refractivity contribution in [1.82, 2.24) is 0 Å². The minimum absolute atomic E-state index is 0. The van der Waals surface area contributed by atoms with Crippen molar-refractivity contribution >= 4 is 40.4 Å². The van der Waals surface area contributed by atoms with Crippen LogP contribution in [0.2, 0.25) is 0 Å². The zero-order valence-corrected chi connectivity index (χ0v) is 5.36. The average molecular weight is 174 g/mol. The molecule has 0 bridgehead atoms. The van der Waals surface area contributed by atoms with Crippen LogP contribution in [0.1, 0.15) is 0 Å². The normalized spacial score (nSPS) is 0. The molecule has 0 fully saturated rings. The smallest absolute Gasteiger partial charge is 0 e. The molecule has 0 saturated heterocycles. The van der Waals surface area contributed by atoms with E-state index in [1.807, 2.05) is 0 Å². The van der Waals surface area contributed by atoms with Gasteiger partial charge in [0.25, 0.3) is 0 Å². The van der Waals surface area contributed by atoms with E-state index in [0.29, 0.717) is 0 Å². The maximum atomic E-state index is 0. The summed E-state index contributed by atoms with van der Waals surface area (Å²) >= 11 is 0. The van der Waals surface area contributed by atoms with Gasteiger partial charge in [0.15, 0.2) is 17.4 Å². The van der Waals surface area contributed by atoms with Crippen LogP contribution >= 0.6 is 0 Å². The predicted octanol–water partition coefficient (Wildman–Crippen LogP) is -2.11.